The van der Waals surface area contributed by atoms with Crippen molar-refractivity contribution in [2.24, 2.45) is 0 Å². The van der Waals surface area contributed by atoms with Gasteiger partial charge in [-0.2, -0.15) is 9.78 Å². The highest BCUT2D eigenvalue weighted by molar-refractivity contribution is 7.71. The van der Waals surface area contributed by atoms with E-state index < -0.39 is 0 Å². The van der Waals surface area contributed by atoms with Crippen LogP contribution in [0.2, 0.25) is 0 Å². The van der Waals surface area contributed by atoms with Crippen LogP contribution in [0.15, 0.2) is 30.6 Å². The minimum atomic E-state index is 0.297. The van der Waals surface area contributed by atoms with E-state index in [9.17, 15) is 0 Å². The Morgan fingerprint density at radius 1 is 1.36 bits per heavy atom. The highest BCUT2D eigenvalue weighted by Gasteiger charge is 2.20. The van der Waals surface area contributed by atoms with Crippen LogP contribution >= 0.6 is 23.6 Å². The number of rotatable bonds is 5. The first-order valence-electron chi connectivity index (χ1n) is 7.40. The standard InChI is InChI=1S/C15H19N5S2/c1-4-19-9-16-20(15(19)21)10-18(3)11(2)14-17-12-7-5-6-8-13(12)22-14/h5-9,11H,4,10H2,1-3H3/p+1/t11-/m0/s1. The van der Waals surface area contributed by atoms with E-state index in [4.69, 9.17) is 17.2 Å². The van der Waals surface area contributed by atoms with Crippen molar-refractivity contribution in [3.05, 3.63) is 40.4 Å². The molecule has 1 N–H and O–H groups in total. The Kier molecular flexibility index (Phi) is 4.37. The van der Waals surface area contributed by atoms with E-state index in [0.717, 1.165) is 28.5 Å². The quantitative estimate of drug-likeness (QED) is 0.728. The van der Waals surface area contributed by atoms with Gasteiger partial charge in [0.05, 0.1) is 17.3 Å². The molecule has 1 aromatic carbocycles. The number of nitrogens with zero attached hydrogens (tertiary/aromatic N) is 4. The van der Waals surface area contributed by atoms with Crippen molar-refractivity contribution < 1.29 is 4.90 Å². The van der Waals surface area contributed by atoms with Crippen LogP contribution in [0, 0.1) is 4.77 Å². The zero-order valence-electron chi connectivity index (χ0n) is 13.0. The van der Waals surface area contributed by atoms with Crippen molar-refractivity contribution in [1.29, 1.82) is 0 Å². The number of hydrogen-bond donors (Lipinski definition) is 1. The van der Waals surface area contributed by atoms with Crippen LogP contribution in [0.4, 0.5) is 0 Å². The SMILES string of the molecule is CCn1cnn(C[NH+](C)[C@@H](C)c2nc3ccccc3s2)c1=S. The first-order chi connectivity index (χ1) is 10.6. The molecule has 22 heavy (non-hydrogen) atoms. The molecule has 0 radical (unpaired) electrons. The number of aryl methyl sites for hydroxylation is 1. The summed E-state index contributed by atoms with van der Waals surface area (Å²) in [7, 11) is 2.16. The van der Waals surface area contributed by atoms with Gasteiger partial charge in [0.15, 0.2) is 11.7 Å². The lowest BCUT2D eigenvalue weighted by Gasteiger charge is -2.19. The molecule has 3 rings (SSSR count). The maximum absolute atomic E-state index is 5.44. The third-order valence-electron chi connectivity index (χ3n) is 3.96. The van der Waals surface area contributed by atoms with Crippen LogP contribution < -0.4 is 4.90 Å². The second-order valence-electron chi connectivity index (χ2n) is 5.45. The smallest absolute Gasteiger partial charge is 0.202 e. The summed E-state index contributed by atoms with van der Waals surface area (Å²) in [4.78, 5) is 6.07. The second kappa shape index (κ2) is 6.28. The highest BCUT2D eigenvalue weighted by Crippen LogP contribution is 2.24. The molecule has 7 heteroatoms. The van der Waals surface area contributed by atoms with Gasteiger partial charge in [0.25, 0.3) is 0 Å². The van der Waals surface area contributed by atoms with E-state index in [-0.39, 0.29) is 0 Å². The maximum atomic E-state index is 5.44. The van der Waals surface area contributed by atoms with E-state index >= 15 is 0 Å². The van der Waals surface area contributed by atoms with Gasteiger partial charge in [0.1, 0.15) is 12.4 Å². The fourth-order valence-electron chi connectivity index (χ4n) is 2.36. The number of hydrogen-bond acceptors (Lipinski definition) is 4. The number of benzene rings is 1. The Balaban J connectivity index is 1.80. The van der Waals surface area contributed by atoms with Gasteiger partial charge >= 0.3 is 0 Å². The van der Waals surface area contributed by atoms with Gasteiger partial charge in [-0.15, -0.1) is 11.3 Å². The zero-order chi connectivity index (χ0) is 15.7. The molecule has 2 aromatic heterocycles. The normalized spacial score (nSPS) is 14.3. The predicted octanol–water partition coefficient (Wildman–Crippen LogP) is 2.28. The van der Waals surface area contributed by atoms with Gasteiger partial charge in [0.2, 0.25) is 4.77 Å². The molecule has 0 amide bonds. The molecule has 0 spiro atoms. The van der Waals surface area contributed by atoms with Gasteiger partial charge in [-0.3, -0.25) is 0 Å². The number of para-hydroxylation sites is 1. The molecular weight excluding hydrogens is 314 g/mol. The summed E-state index contributed by atoms with van der Waals surface area (Å²) in [6, 6.07) is 8.58. The monoisotopic (exact) mass is 334 g/mol. The number of thiazole rings is 1. The molecule has 0 aliphatic rings. The molecule has 0 saturated carbocycles. The number of quaternary nitrogens is 1. The minimum absolute atomic E-state index is 0.297. The van der Waals surface area contributed by atoms with Crippen LogP contribution in [-0.2, 0) is 13.2 Å². The minimum Gasteiger partial charge on any atom is -0.311 e. The summed E-state index contributed by atoms with van der Waals surface area (Å²) >= 11 is 7.20. The first-order valence-corrected chi connectivity index (χ1v) is 8.62. The van der Waals surface area contributed by atoms with Gasteiger partial charge < -0.3 is 9.47 Å². The molecule has 0 bridgehead atoms. The summed E-state index contributed by atoms with van der Waals surface area (Å²) < 4.78 is 5.88. The molecule has 0 aliphatic carbocycles. The molecule has 2 atom stereocenters. The molecule has 5 nitrogen and oxygen atoms in total. The summed E-state index contributed by atoms with van der Waals surface area (Å²) in [5.41, 5.74) is 1.08. The van der Waals surface area contributed by atoms with Crippen LogP contribution in [0.25, 0.3) is 10.2 Å². The highest BCUT2D eigenvalue weighted by atomic mass is 32.1. The van der Waals surface area contributed by atoms with Crippen molar-refractivity contribution >= 4 is 33.8 Å². The molecule has 0 saturated heterocycles. The third-order valence-corrected chi connectivity index (χ3v) is 5.62. The topological polar surface area (TPSA) is 40.1 Å². The Morgan fingerprint density at radius 2 is 2.14 bits per heavy atom. The number of fused-ring (bicyclic) bond motifs is 1. The summed E-state index contributed by atoms with van der Waals surface area (Å²) in [5, 5.41) is 5.54. The van der Waals surface area contributed by atoms with Gasteiger partial charge in [-0.25, -0.2) is 4.98 Å². The van der Waals surface area contributed by atoms with Gasteiger partial charge in [-0.1, -0.05) is 12.1 Å². The predicted molar refractivity (Wildman–Crippen MR) is 91.6 cm³/mol. The first kappa shape index (κ1) is 15.3. The van der Waals surface area contributed by atoms with E-state index in [2.05, 4.69) is 44.2 Å². The Morgan fingerprint density at radius 3 is 2.82 bits per heavy atom. The van der Waals surface area contributed by atoms with E-state index in [1.54, 1.807) is 17.7 Å². The van der Waals surface area contributed by atoms with Crippen molar-refractivity contribution in [2.75, 3.05) is 7.05 Å². The fourth-order valence-corrected chi connectivity index (χ4v) is 3.76. The lowest BCUT2D eigenvalue weighted by atomic mass is 10.3. The number of aromatic nitrogens is 4. The average molecular weight is 334 g/mol. The van der Waals surface area contributed by atoms with E-state index in [1.165, 1.54) is 9.60 Å². The lowest BCUT2D eigenvalue weighted by Crippen LogP contribution is -3.08. The molecule has 0 aliphatic heterocycles. The van der Waals surface area contributed by atoms with Crippen molar-refractivity contribution in [3.63, 3.8) is 0 Å². The molecule has 116 valence electrons. The van der Waals surface area contributed by atoms with Crippen LogP contribution in [0.5, 0.6) is 0 Å². The maximum Gasteiger partial charge on any atom is 0.202 e. The van der Waals surface area contributed by atoms with Crippen molar-refractivity contribution in [2.45, 2.75) is 33.1 Å². The third kappa shape index (κ3) is 2.84. The van der Waals surface area contributed by atoms with Crippen LogP contribution in [-0.4, -0.2) is 26.4 Å². The summed E-state index contributed by atoms with van der Waals surface area (Å²) in [5.74, 6) is 0. The number of nitrogens with one attached hydrogen (secondary N) is 1. The second-order valence-corrected chi connectivity index (χ2v) is 6.87. The van der Waals surface area contributed by atoms with Crippen molar-refractivity contribution in [1.82, 2.24) is 19.3 Å². The average Bonchev–Trinajstić information content (AvgIpc) is 3.10. The van der Waals surface area contributed by atoms with E-state index in [1.807, 2.05) is 15.3 Å². The van der Waals surface area contributed by atoms with Crippen LogP contribution in [0.3, 0.4) is 0 Å². The Bertz CT molecular complexity index is 799. The molecule has 3 aromatic rings. The lowest BCUT2D eigenvalue weighted by molar-refractivity contribution is -0.933. The summed E-state index contributed by atoms with van der Waals surface area (Å²) in [6.07, 6.45) is 1.80. The molecule has 0 fully saturated rings. The molecule has 1 unspecified atom stereocenters. The van der Waals surface area contributed by atoms with Crippen molar-refractivity contribution in [3.8, 4) is 0 Å². The van der Waals surface area contributed by atoms with E-state index in [0.29, 0.717) is 6.04 Å². The largest absolute Gasteiger partial charge is 0.311 e. The Hall–Kier alpha value is -1.57. The zero-order valence-corrected chi connectivity index (χ0v) is 14.6. The van der Waals surface area contributed by atoms with Crippen LogP contribution in [0.1, 0.15) is 24.9 Å². The molecular formula is C15H20N5S2+. The van der Waals surface area contributed by atoms with Gasteiger partial charge in [-0.05, 0) is 38.2 Å². The fraction of sp³-hybridized carbons (Fsp3) is 0.400. The molecule has 2 heterocycles. The Labute approximate surface area is 138 Å². The summed E-state index contributed by atoms with van der Waals surface area (Å²) in [6.45, 7) is 5.86. The van der Waals surface area contributed by atoms with Gasteiger partial charge in [0, 0.05) is 6.54 Å².